The van der Waals surface area contributed by atoms with Crippen molar-refractivity contribution in [2.75, 3.05) is 13.1 Å². The van der Waals surface area contributed by atoms with Gasteiger partial charge in [-0.3, -0.25) is 0 Å². The van der Waals surface area contributed by atoms with Crippen LogP contribution in [0.1, 0.15) is 33.6 Å². The van der Waals surface area contributed by atoms with E-state index < -0.39 is 5.60 Å². The van der Waals surface area contributed by atoms with Crippen LogP contribution in [-0.4, -0.2) is 39.9 Å². The van der Waals surface area contributed by atoms with Crippen LogP contribution in [0.4, 0.5) is 4.79 Å². The van der Waals surface area contributed by atoms with E-state index in [1.54, 1.807) is 18.0 Å². The molecule has 1 amide bonds. The lowest BCUT2D eigenvalue weighted by molar-refractivity contribution is 0.0220. The summed E-state index contributed by atoms with van der Waals surface area (Å²) in [7, 11) is 0. The Morgan fingerprint density at radius 2 is 2.25 bits per heavy atom. The van der Waals surface area contributed by atoms with Crippen LogP contribution in [0.5, 0.6) is 0 Å². The van der Waals surface area contributed by atoms with Gasteiger partial charge in [0.05, 0.1) is 5.03 Å². The molecule has 1 aliphatic rings. The van der Waals surface area contributed by atoms with Crippen molar-refractivity contribution in [1.82, 2.24) is 9.88 Å². The van der Waals surface area contributed by atoms with Gasteiger partial charge < -0.3 is 9.64 Å². The molecule has 2 rings (SSSR count). The molecule has 1 aliphatic heterocycles. The van der Waals surface area contributed by atoms with Gasteiger partial charge in [-0.2, -0.15) is 0 Å². The quantitative estimate of drug-likeness (QED) is 0.836. The number of hydrogen-bond acceptors (Lipinski definition) is 4. The number of piperidine rings is 1. The van der Waals surface area contributed by atoms with E-state index in [1.165, 1.54) is 0 Å². The maximum atomic E-state index is 12.1. The summed E-state index contributed by atoms with van der Waals surface area (Å²) < 4.78 is 5.44. The largest absolute Gasteiger partial charge is 0.444 e. The van der Waals surface area contributed by atoms with Crippen molar-refractivity contribution in [1.29, 1.82) is 0 Å². The van der Waals surface area contributed by atoms with Crippen molar-refractivity contribution >= 4 is 17.9 Å². The first kappa shape index (κ1) is 15.2. The average Bonchev–Trinajstić information content (AvgIpc) is 2.38. The molecule has 0 N–H and O–H groups in total. The third kappa shape index (κ3) is 4.71. The van der Waals surface area contributed by atoms with Crippen LogP contribution in [0, 0.1) is 0 Å². The Kier molecular flexibility index (Phi) is 4.91. The maximum absolute atomic E-state index is 12.1. The molecule has 1 aromatic rings. The first-order chi connectivity index (χ1) is 9.44. The highest BCUT2D eigenvalue weighted by Gasteiger charge is 2.28. The fourth-order valence-electron chi connectivity index (χ4n) is 2.11. The minimum atomic E-state index is -0.432. The molecule has 0 bridgehead atoms. The molecule has 20 heavy (non-hydrogen) atoms. The van der Waals surface area contributed by atoms with Crippen LogP contribution in [0.3, 0.4) is 0 Å². The Morgan fingerprint density at radius 3 is 2.90 bits per heavy atom. The number of nitrogens with zero attached hydrogens (tertiary/aromatic N) is 2. The van der Waals surface area contributed by atoms with Crippen LogP contribution >= 0.6 is 11.8 Å². The second-order valence-electron chi connectivity index (χ2n) is 5.98. The van der Waals surface area contributed by atoms with E-state index in [9.17, 15) is 4.79 Å². The number of thioether (sulfide) groups is 1. The van der Waals surface area contributed by atoms with Gasteiger partial charge in [0.15, 0.2) is 0 Å². The molecular formula is C15H22N2O2S. The molecule has 2 heterocycles. The van der Waals surface area contributed by atoms with Gasteiger partial charge in [-0.15, -0.1) is 11.8 Å². The molecule has 0 saturated carbocycles. The molecule has 4 nitrogen and oxygen atoms in total. The molecule has 1 aromatic heterocycles. The zero-order chi connectivity index (χ0) is 14.6. The molecule has 1 atom stereocenters. The highest BCUT2D eigenvalue weighted by Crippen LogP contribution is 2.28. The van der Waals surface area contributed by atoms with Crippen LogP contribution in [0.25, 0.3) is 0 Å². The van der Waals surface area contributed by atoms with E-state index >= 15 is 0 Å². The zero-order valence-electron chi connectivity index (χ0n) is 12.3. The van der Waals surface area contributed by atoms with Crippen molar-refractivity contribution < 1.29 is 9.53 Å². The molecule has 110 valence electrons. The predicted molar refractivity (Wildman–Crippen MR) is 80.9 cm³/mol. The van der Waals surface area contributed by atoms with Crippen LogP contribution < -0.4 is 0 Å². The average molecular weight is 294 g/mol. The minimum absolute atomic E-state index is 0.205. The Morgan fingerprint density at radius 1 is 1.45 bits per heavy atom. The normalized spacial score (nSPS) is 19.8. The van der Waals surface area contributed by atoms with Gasteiger partial charge in [-0.05, 0) is 45.7 Å². The van der Waals surface area contributed by atoms with Crippen LogP contribution in [0.2, 0.25) is 0 Å². The van der Waals surface area contributed by atoms with E-state index in [2.05, 4.69) is 4.98 Å². The lowest BCUT2D eigenvalue weighted by Crippen LogP contribution is -2.43. The lowest BCUT2D eigenvalue weighted by Gasteiger charge is -2.33. The molecule has 1 unspecified atom stereocenters. The Bertz CT molecular complexity index is 445. The molecule has 1 saturated heterocycles. The molecular weight excluding hydrogens is 272 g/mol. The third-order valence-corrected chi connectivity index (χ3v) is 4.16. The molecule has 0 aromatic carbocycles. The zero-order valence-corrected chi connectivity index (χ0v) is 13.2. The molecule has 0 aliphatic carbocycles. The summed E-state index contributed by atoms with van der Waals surface area (Å²) >= 11 is 1.74. The van der Waals surface area contributed by atoms with E-state index in [4.69, 9.17) is 4.74 Å². The molecule has 1 fully saturated rings. The smallest absolute Gasteiger partial charge is 0.410 e. The van der Waals surface area contributed by atoms with Gasteiger partial charge >= 0.3 is 6.09 Å². The molecule has 0 radical (unpaired) electrons. The Labute approximate surface area is 124 Å². The van der Waals surface area contributed by atoms with E-state index in [0.29, 0.717) is 5.25 Å². The van der Waals surface area contributed by atoms with E-state index in [1.807, 2.05) is 43.9 Å². The summed E-state index contributed by atoms with van der Waals surface area (Å²) in [5, 5.41) is 1.41. The van der Waals surface area contributed by atoms with Gasteiger partial charge in [-0.1, -0.05) is 6.07 Å². The lowest BCUT2D eigenvalue weighted by atomic mass is 10.1. The summed E-state index contributed by atoms with van der Waals surface area (Å²) in [6.07, 6.45) is 3.73. The fraction of sp³-hybridized carbons (Fsp3) is 0.600. The number of likely N-dealkylation sites (tertiary alicyclic amines) is 1. The highest BCUT2D eigenvalue weighted by molar-refractivity contribution is 7.99. The summed E-state index contributed by atoms with van der Waals surface area (Å²) in [6, 6.07) is 5.92. The minimum Gasteiger partial charge on any atom is -0.444 e. The standard InChI is InChI=1S/C15H22N2O2S/c1-15(2,3)19-14(18)17-10-6-7-12(11-17)20-13-8-4-5-9-16-13/h4-5,8-9,12H,6-7,10-11H2,1-3H3. The van der Waals surface area contributed by atoms with Crippen molar-refractivity contribution in [2.24, 2.45) is 0 Å². The summed E-state index contributed by atoms with van der Waals surface area (Å²) in [5.74, 6) is 0. The second kappa shape index (κ2) is 6.48. The number of amides is 1. The first-order valence-electron chi connectivity index (χ1n) is 7.00. The van der Waals surface area contributed by atoms with Crippen LogP contribution in [-0.2, 0) is 4.74 Å². The monoisotopic (exact) mass is 294 g/mol. The van der Waals surface area contributed by atoms with Gasteiger partial charge in [0.25, 0.3) is 0 Å². The van der Waals surface area contributed by atoms with Crippen molar-refractivity contribution in [2.45, 2.75) is 49.5 Å². The number of ether oxygens (including phenoxy) is 1. The first-order valence-corrected chi connectivity index (χ1v) is 7.87. The van der Waals surface area contributed by atoms with Gasteiger partial charge in [0.2, 0.25) is 0 Å². The summed E-state index contributed by atoms with van der Waals surface area (Å²) in [6.45, 7) is 7.21. The van der Waals surface area contributed by atoms with E-state index in [-0.39, 0.29) is 6.09 Å². The second-order valence-corrected chi connectivity index (χ2v) is 7.30. The van der Waals surface area contributed by atoms with Crippen molar-refractivity contribution in [3.63, 3.8) is 0 Å². The molecule has 5 heteroatoms. The Balaban J connectivity index is 1.90. The van der Waals surface area contributed by atoms with Gasteiger partial charge in [-0.25, -0.2) is 9.78 Å². The Hall–Kier alpha value is -1.23. The number of aromatic nitrogens is 1. The number of rotatable bonds is 2. The number of pyridine rings is 1. The van der Waals surface area contributed by atoms with Crippen molar-refractivity contribution in [3.05, 3.63) is 24.4 Å². The fourth-order valence-corrected chi connectivity index (χ4v) is 3.27. The van der Waals surface area contributed by atoms with E-state index in [0.717, 1.165) is 31.0 Å². The number of carbonyl (C=O) groups is 1. The molecule has 0 spiro atoms. The van der Waals surface area contributed by atoms with Crippen LogP contribution in [0.15, 0.2) is 29.4 Å². The van der Waals surface area contributed by atoms with Crippen molar-refractivity contribution in [3.8, 4) is 0 Å². The topological polar surface area (TPSA) is 42.4 Å². The third-order valence-electron chi connectivity index (χ3n) is 2.96. The van der Waals surface area contributed by atoms with Gasteiger partial charge in [0, 0.05) is 24.5 Å². The number of carbonyl (C=O) groups excluding carboxylic acids is 1. The SMILES string of the molecule is CC(C)(C)OC(=O)N1CCCC(Sc2ccccn2)C1. The predicted octanol–water partition coefficient (Wildman–Crippen LogP) is 3.57. The number of hydrogen-bond donors (Lipinski definition) is 0. The van der Waals surface area contributed by atoms with Gasteiger partial charge in [0.1, 0.15) is 5.60 Å². The maximum Gasteiger partial charge on any atom is 0.410 e. The summed E-state index contributed by atoms with van der Waals surface area (Å²) in [5.41, 5.74) is -0.432. The highest BCUT2D eigenvalue weighted by atomic mass is 32.2. The summed E-state index contributed by atoms with van der Waals surface area (Å²) in [4.78, 5) is 18.2.